The van der Waals surface area contributed by atoms with Crippen LogP contribution in [0.1, 0.15) is 19.3 Å². The van der Waals surface area contributed by atoms with Crippen molar-refractivity contribution >= 4 is 17.8 Å². The summed E-state index contributed by atoms with van der Waals surface area (Å²) < 4.78 is 0. The Morgan fingerprint density at radius 2 is 1.67 bits per heavy atom. The third kappa shape index (κ3) is 7.44. The maximum absolute atomic E-state index is 10.7. The fourth-order valence-corrected chi connectivity index (χ4v) is 0.969. The first-order valence-corrected chi connectivity index (χ1v) is 4.46. The van der Waals surface area contributed by atoms with Crippen LogP contribution in [0.15, 0.2) is 0 Å². The molecule has 0 saturated carbocycles. The molecule has 0 bridgehead atoms. The molecule has 2 amide bonds. The molecule has 0 rings (SSSR count). The lowest BCUT2D eigenvalue weighted by atomic mass is 10.1. The first kappa shape index (κ1) is 13.4. The van der Waals surface area contributed by atoms with Crippen molar-refractivity contribution in [1.82, 2.24) is 5.32 Å². The molecule has 86 valence electrons. The van der Waals surface area contributed by atoms with Gasteiger partial charge in [-0.15, -0.1) is 0 Å². The van der Waals surface area contributed by atoms with Gasteiger partial charge in [-0.05, 0) is 6.42 Å². The Balaban J connectivity index is 3.88. The fraction of sp³-hybridized carbons (Fsp3) is 0.625. The van der Waals surface area contributed by atoms with Gasteiger partial charge in [0.15, 0.2) is 0 Å². The topological polar surface area (TPSA) is 136 Å². The van der Waals surface area contributed by atoms with E-state index in [4.69, 9.17) is 16.6 Å². The Morgan fingerprint density at radius 3 is 2.07 bits per heavy atom. The number of hydrogen-bond donors (Lipinski definition) is 4. The Bertz CT molecular complexity index is 254. The predicted octanol–water partition coefficient (Wildman–Crippen LogP) is -1.83. The molecule has 0 saturated heterocycles. The van der Waals surface area contributed by atoms with Gasteiger partial charge < -0.3 is 21.9 Å². The summed E-state index contributed by atoms with van der Waals surface area (Å²) in [5.41, 5.74) is 9.76. The maximum atomic E-state index is 10.7. The molecular formula is C8H15N3O4. The van der Waals surface area contributed by atoms with Crippen molar-refractivity contribution in [3.05, 3.63) is 0 Å². The second kappa shape index (κ2) is 6.77. The number of nitrogens with two attached hydrogens (primary N) is 2. The van der Waals surface area contributed by atoms with E-state index < -0.39 is 23.8 Å². The van der Waals surface area contributed by atoms with E-state index in [-0.39, 0.29) is 25.8 Å². The highest BCUT2D eigenvalue weighted by Crippen LogP contribution is 1.97. The van der Waals surface area contributed by atoms with Crippen molar-refractivity contribution in [3.63, 3.8) is 0 Å². The number of aliphatic carboxylic acids is 1. The number of carbonyl (C=O) groups is 3. The molecule has 0 unspecified atom stereocenters. The molecule has 1 atom stereocenters. The Labute approximate surface area is 86.8 Å². The number of primary amides is 2. The molecule has 7 nitrogen and oxygen atoms in total. The summed E-state index contributed by atoms with van der Waals surface area (Å²) in [6, 6.07) is -0.878. The molecule has 0 heterocycles. The van der Waals surface area contributed by atoms with Crippen LogP contribution in [0.3, 0.4) is 0 Å². The van der Waals surface area contributed by atoms with Crippen molar-refractivity contribution in [1.29, 1.82) is 0 Å². The number of carbonyl (C=O) groups excluding carboxylic acids is 2. The standard InChI is InChI=1S/C8H15N3O4/c9-6(12)2-1-5(8(14)15)11-4-3-7(10)13/h5,11H,1-4H2,(H2,9,12)(H2,10,13)(H,14,15)/t5-/m0/s1. The smallest absolute Gasteiger partial charge is 0.320 e. The van der Waals surface area contributed by atoms with Gasteiger partial charge >= 0.3 is 5.97 Å². The molecule has 0 aromatic rings. The second-order valence-electron chi connectivity index (χ2n) is 3.07. The molecular weight excluding hydrogens is 202 g/mol. The van der Waals surface area contributed by atoms with Gasteiger partial charge in [-0.1, -0.05) is 0 Å². The highest BCUT2D eigenvalue weighted by molar-refractivity contribution is 5.77. The Morgan fingerprint density at radius 1 is 1.13 bits per heavy atom. The zero-order valence-electron chi connectivity index (χ0n) is 8.23. The first-order valence-electron chi connectivity index (χ1n) is 4.46. The average Bonchev–Trinajstić information content (AvgIpc) is 2.09. The van der Waals surface area contributed by atoms with Gasteiger partial charge in [-0.3, -0.25) is 14.4 Å². The largest absolute Gasteiger partial charge is 0.480 e. The van der Waals surface area contributed by atoms with Gasteiger partial charge in [-0.25, -0.2) is 0 Å². The summed E-state index contributed by atoms with van der Waals surface area (Å²) >= 11 is 0. The first-order chi connectivity index (χ1) is 6.93. The normalized spacial score (nSPS) is 12.0. The second-order valence-corrected chi connectivity index (χ2v) is 3.07. The van der Waals surface area contributed by atoms with Crippen LogP contribution in [0.5, 0.6) is 0 Å². The van der Waals surface area contributed by atoms with E-state index >= 15 is 0 Å². The van der Waals surface area contributed by atoms with E-state index in [9.17, 15) is 14.4 Å². The molecule has 0 aliphatic heterocycles. The number of amides is 2. The third-order valence-corrected chi connectivity index (χ3v) is 1.74. The van der Waals surface area contributed by atoms with Crippen molar-refractivity contribution < 1.29 is 19.5 Å². The summed E-state index contributed by atoms with van der Waals surface area (Å²) in [5, 5.41) is 11.3. The highest BCUT2D eigenvalue weighted by Gasteiger charge is 2.17. The zero-order chi connectivity index (χ0) is 11.8. The van der Waals surface area contributed by atoms with Gasteiger partial charge in [0.25, 0.3) is 0 Å². The van der Waals surface area contributed by atoms with Crippen LogP contribution < -0.4 is 16.8 Å². The number of carboxylic acids is 1. The van der Waals surface area contributed by atoms with Crippen LogP contribution in [0.25, 0.3) is 0 Å². The van der Waals surface area contributed by atoms with Gasteiger partial charge in [0.1, 0.15) is 6.04 Å². The van der Waals surface area contributed by atoms with E-state index in [2.05, 4.69) is 5.32 Å². The van der Waals surface area contributed by atoms with E-state index in [0.29, 0.717) is 0 Å². The quantitative estimate of drug-likeness (QED) is 0.379. The molecule has 6 N–H and O–H groups in total. The molecule has 0 aliphatic rings. The van der Waals surface area contributed by atoms with Crippen LogP contribution in [0.2, 0.25) is 0 Å². The maximum Gasteiger partial charge on any atom is 0.320 e. The van der Waals surface area contributed by atoms with Crippen molar-refractivity contribution in [2.75, 3.05) is 6.54 Å². The van der Waals surface area contributed by atoms with Crippen LogP contribution in [-0.2, 0) is 14.4 Å². The Hall–Kier alpha value is -1.63. The predicted molar refractivity (Wildman–Crippen MR) is 51.7 cm³/mol. The summed E-state index contributed by atoms with van der Waals surface area (Å²) in [4.78, 5) is 31.5. The van der Waals surface area contributed by atoms with E-state index in [0.717, 1.165) is 0 Å². The minimum Gasteiger partial charge on any atom is -0.480 e. The summed E-state index contributed by atoms with van der Waals surface area (Å²) in [5.74, 6) is -2.15. The lowest BCUT2D eigenvalue weighted by molar-refractivity contribution is -0.139. The molecule has 0 radical (unpaired) electrons. The van der Waals surface area contributed by atoms with E-state index in [1.165, 1.54) is 0 Å². The highest BCUT2D eigenvalue weighted by atomic mass is 16.4. The van der Waals surface area contributed by atoms with E-state index in [1.54, 1.807) is 0 Å². The van der Waals surface area contributed by atoms with Crippen LogP contribution in [0, 0.1) is 0 Å². The minimum absolute atomic E-state index is 0.0134. The van der Waals surface area contributed by atoms with Gasteiger partial charge in [-0.2, -0.15) is 0 Å². The summed E-state index contributed by atoms with van der Waals surface area (Å²) in [7, 11) is 0. The number of nitrogens with one attached hydrogen (secondary N) is 1. The molecule has 0 fully saturated rings. The van der Waals surface area contributed by atoms with Crippen molar-refractivity contribution in [2.45, 2.75) is 25.3 Å². The molecule has 0 aliphatic carbocycles. The molecule has 0 spiro atoms. The lowest BCUT2D eigenvalue weighted by Crippen LogP contribution is -2.39. The molecule has 0 aromatic carbocycles. The number of hydrogen-bond acceptors (Lipinski definition) is 4. The zero-order valence-corrected chi connectivity index (χ0v) is 8.23. The van der Waals surface area contributed by atoms with E-state index in [1.807, 2.05) is 0 Å². The molecule has 7 heteroatoms. The summed E-state index contributed by atoms with van der Waals surface area (Å²) in [6.07, 6.45) is 0.143. The minimum atomic E-state index is -1.08. The van der Waals surface area contributed by atoms with Crippen molar-refractivity contribution in [3.8, 4) is 0 Å². The number of carboxylic acid groups (broad SMARTS) is 1. The molecule has 0 aromatic heterocycles. The van der Waals surface area contributed by atoms with Crippen LogP contribution >= 0.6 is 0 Å². The van der Waals surface area contributed by atoms with Gasteiger partial charge in [0.2, 0.25) is 11.8 Å². The monoisotopic (exact) mass is 217 g/mol. The number of rotatable bonds is 8. The Kier molecular flexibility index (Phi) is 6.03. The van der Waals surface area contributed by atoms with Gasteiger partial charge in [0.05, 0.1) is 0 Å². The lowest BCUT2D eigenvalue weighted by Gasteiger charge is -2.12. The van der Waals surface area contributed by atoms with Gasteiger partial charge in [0, 0.05) is 19.4 Å². The third-order valence-electron chi connectivity index (χ3n) is 1.74. The fourth-order valence-electron chi connectivity index (χ4n) is 0.969. The summed E-state index contributed by atoms with van der Waals surface area (Å²) in [6.45, 7) is 0.172. The SMILES string of the molecule is NC(=O)CCN[C@@H](CCC(N)=O)C(=O)O. The van der Waals surface area contributed by atoms with Crippen LogP contribution in [-0.4, -0.2) is 35.5 Å². The molecule has 15 heavy (non-hydrogen) atoms. The van der Waals surface area contributed by atoms with Crippen LogP contribution in [0.4, 0.5) is 0 Å². The average molecular weight is 217 g/mol. The van der Waals surface area contributed by atoms with Crippen molar-refractivity contribution in [2.24, 2.45) is 11.5 Å².